The number of anilines is 1. The van der Waals surface area contributed by atoms with Crippen molar-refractivity contribution in [1.82, 2.24) is 14.7 Å². The number of carbonyl (C=O) groups excluding carboxylic acids is 2. The Morgan fingerprint density at radius 2 is 1.75 bits per heavy atom. The van der Waals surface area contributed by atoms with Gasteiger partial charge in [0.05, 0.1) is 31.5 Å². The normalized spacial score (nSPS) is 11.3. The molecule has 8 heteroatoms. The van der Waals surface area contributed by atoms with Gasteiger partial charge in [-0.15, -0.1) is 0 Å². The first-order chi connectivity index (χ1) is 17.1. The summed E-state index contributed by atoms with van der Waals surface area (Å²) in [5.74, 6) is 0.917. The zero-order valence-corrected chi connectivity index (χ0v) is 22.4. The maximum atomic E-state index is 13.1. The van der Waals surface area contributed by atoms with E-state index in [1.165, 1.54) is 0 Å². The van der Waals surface area contributed by atoms with Crippen LogP contribution in [0.3, 0.4) is 0 Å². The molecule has 192 valence electrons. The monoisotopic (exact) mass is 510 g/mol. The van der Waals surface area contributed by atoms with E-state index in [2.05, 4.69) is 33.0 Å². The minimum Gasteiger partial charge on any atom is -0.497 e. The van der Waals surface area contributed by atoms with Crippen LogP contribution in [0.4, 0.5) is 5.82 Å². The molecule has 0 spiro atoms. The summed E-state index contributed by atoms with van der Waals surface area (Å²) < 4.78 is 6.89. The van der Waals surface area contributed by atoms with E-state index in [0.717, 1.165) is 35.5 Å². The van der Waals surface area contributed by atoms with Crippen molar-refractivity contribution in [3.8, 4) is 11.4 Å². The minimum atomic E-state index is -0.273. The van der Waals surface area contributed by atoms with Crippen LogP contribution in [0.15, 0.2) is 54.6 Å². The number of unbranched alkanes of at least 4 members (excludes halogenated alkanes) is 1. The fourth-order valence-electron chi connectivity index (χ4n) is 3.64. The van der Waals surface area contributed by atoms with Gasteiger partial charge in [-0.05, 0) is 48.4 Å². The van der Waals surface area contributed by atoms with E-state index in [0.29, 0.717) is 17.4 Å². The van der Waals surface area contributed by atoms with Gasteiger partial charge in [0.25, 0.3) is 0 Å². The molecule has 0 fully saturated rings. The van der Waals surface area contributed by atoms with Gasteiger partial charge in [-0.25, -0.2) is 4.68 Å². The van der Waals surface area contributed by atoms with Crippen molar-refractivity contribution in [2.45, 2.75) is 52.4 Å². The molecule has 0 saturated heterocycles. The molecule has 3 rings (SSSR count). The first-order valence-electron chi connectivity index (χ1n) is 12.2. The number of aromatic nitrogens is 2. The van der Waals surface area contributed by atoms with Crippen molar-refractivity contribution in [2.24, 2.45) is 0 Å². The second kappa shape index (κ2) is 12.1. The van der Waals surface area contributed by atoms with Crippen molar-refractivity contribution in [3.05, 3.63) is 70.9 Å². The largest absolute Gasteiger partial charge is 0.497 e. The number of carbonyl (C=O) groups is 2. The maximum Gasteiger partial charge on any atom is 0.245 e. The van der Waals surface area contributed by atoms with E-state index in [4.69, 9.17) is 21.4 Å². The van der Waals surface area contributed by atoms with E-state index < -0.39 is 0 Å². The van der Waals surface area contributed by atoms with Crippen LogP contribution in [0, 0.1) is 0 Å². The lowest BCUT2D eigenvalue weighted by molar-refractivity contribution is -0.134. The standard InChI is InChI=1S/C28H35ClN4O3/c1-6-7-16-32(27(35)17-20-8-14-23(36-5)15-9-20)19-26(34)30-25-18-24(28(2,3)4)31-33(25)22-12-10-21(29)11-13-22/h8-15,18H,6-7,16-17,19H2,1-5H3,(H,30,34). The van der Waals surface area contributed by atoms with Crippen molar-refractivity contribution >= 4 is 29.2 Å². The third kappa shape index (κ3) is 7.34. The summed E-state index contributed by atoms with van der Waals surface area (Å²) in [5, 5.41) is 8.33. The van der Waals surface area contributed by atoms with E-state index in [1.807, 2.05) is 42.5 Å². The molecular weight excluding hydrogens is 476 g/mol. The molecule has 0 aliphatic heterocycles. The average Bonchev–Trinajstić information content (AvgIpc) is 3.27. The SMILES string of the molecule is CCCCN(CC(=O)Nc1cc(C(C)(C)C)nn1-c1ccc(Cl)cc1)C(=O)Cc1ccc(OC)cc1. The second-order valence-corrected chi connectivity index (χ2v) is 10.2. The summed E-state index contributed by atoms with van der Waals surface area (Å²) >= 11 is 6.06. The number of rotatable bonds is 10. The number of hydrogen-bond donors (Lipinski definition) is 1. The molecule has 1 N–H and O–H groups in total. The van der Waals surface area contributed by atoms with Crippen LogP contribution >= 0.6 is 11.6 Å². The summed E-state index contributed by atoms with van der Waals surface area (Å²) in [4.78, 5) is 27.9. The third-order valence-electron chi connectivity index (χ3n) is 5.80. The van der Waals surface area contributed by atoms with Gasteiger partial charge in [0, 0.05) is 23.0 Å². The number of benzene rings is 2. The molecule has 0 saturated carbocycles. The number of halogens is 1. The van der Waals surface area contributed by atoms with Crippen LogP contribution in [0.5, 0.6) is 5.75 Å². The van der Waals surface area contributed by atoms with E-state index >= 15 is 0 Å². The Kier molecular flexibility index (Phi) is 9.15. The highest BCUT2D eigenvalue weighted by Gasteiger charge is 2.23. The van der Waals surface area contributed by atoms with E-state index in [1.54, 1.807) is 28.8 Å². The number of nitrogens with one attached hydrogen (secondary N) is 1. The van der Waals surface area contributed by atoms with Crippen LogP contribution in [0.25, 0.3) is 5.69 Å². The van der Waals surface area contributed by atoms with Gasteiger partial charge < -0.3 is 15.0 Å². The van der Waals surface area contributed by atoms with E-state index in [-0.39, 0.29) is 30.2 Å². The van der Waals surface area contributed by atoms with Crippen molar-refractivity contribution in [1.29, 1.82) is 0 Å². The summed E-state index contributed by atoms with van der Waals surface area (Å²) in [5.41, 5.74) is 2.28. The highest BCUT2D eigenvalue weighted by atomic mass is 35.5. The van der Waals surface area contributed by atoms with Gasteiger partial charge in [0.2, 0.25) is 11.8 Å². The molecule has 36 heavy (non-hydrogen) atoms. The molecule has 0 bridgehead atoms. The zero-order valence-electron chi connectivity index (χ0n) is 21.7. The molecular formula is C28H35ClN4O3. The van der Waals surface area contributed by atoms with Crippen molar-refractivity contribution < 1.29 is 14.3 Å². The highest BCUT2D eigenvalue weighted by molar-refractivity contribution is 6.30. The number of ether oxygens (including phenoxy) is 1. The lowest BCUT2D eigenvalue weighted by Crippen LogP contribution is -2.39. The molecule has 2 amide bonds. The molecule has 0 aliphatic rings. The number of nitrogens with zero attached hydrogens (tertiary/aromatic N) is 3. The Hall–Kier alpha value is -3.32. The van der Waals surface area contributed by atoms with Gasteiger partial charge in [0.1, 0.15) is 11.6 Å². The van der Waals surface area contributed by atoms with Gasteiger partial charge >= 0.3 is 0 Å². The van der Waals surface area contributed by atoms with Gasteiger partial charge in [0.15, 0.2) is 0 Å². The molecule has 1 heterocycles. The van der Waals surface area contributed by atoms with Crippen LogP contribution in [-0.2, 0) is 21.4 Å². The molecule has 3 aromatic rings. The Balaban J connectivity index is 1.78. The van der Waals surface area contributed by atoms with Crippen molar-refractivity contribution in [3.63, 3.8) is 0 Å². The Labute approximate surface area is 218 Å². The number of methoxy groups -OCH3 is 1. The molecule has 1 aromatic heterocycles. The van der Waals surface area contributed by atoms with Gasteiger partial charge in [-0.3, -0.25) is 9.59 Å². The average molecular weight is 511 g/mol. The second-order valence-electron chi connectivity index (χ2n) is 9.79. The summed E-state index contributed by atoms with van der Waals surface area (Å²) in [6.45, 7) is 8.74. The Morgan fingerprint density at radius 3 is 2.33 bits per heavy atom. The van der Waals surface area contributed by atoms with Crippen LogP contribution in [-0.4, -0.2) is 46.7 Å². The van der Waals surface area contributed by atoms with Gasteiger partial charge in [-0.2, -0.15) is 5.10 Å². The summed E-state index contributed by atoms with van der Waals surface area (Å²) in [6.07, 6.45) is 1.96. The number of amides is 2. The minimum absolute atomic E-state index is 0.0361. The molecule has 0 unspecified atom stereocenters. The smallest absolute Gasteiger partial charge is 0.245 e. The highest BCUT2D eigenvalue weighted by Crippen LogP contribution is 2.27. The lowest BCUT2D eigenvalue weighted by atomic mass is 9.92. The Morgan fingerprint density at radius 1 is 1.08 bits per heavy atom. The van der Waals surface area contributed by atoms with E-state index in [9.17, 15) is 9.59 Å². The maximum absolute atomic E-state index is 13.1. The lowest BCUT2D eigenvalue weighted by Gasteiger charge is -2.22. The first-order valence-corrected chi connectivity index (χ1v) is 12.6. The molecule has 0 atom stereocenters. The third-order valence-corrected chi connectivity index (χ3v) is 6.05. The van der Waals surface area contributed by atoms with Crippen molar-refractivity contribution in [2.75, 3.05) is 25.5 Å². The number of hydrogen-bond acceptors (Lipinski definition) is 4. The predicted octanol–water partition coefficient (Wildman–Crippen LogP) is 5.64. The van der Waals surface area contributed by atoms with Gasteiger partial charge in [-0.1, -0.05) is 57.8 Å². The zero-order chi connectivity index (χ0) is 26.3. The topological polar surface area (TPSA) is 76.5 Å². The Bertz CT molecular complexity index is 1170. The predicted molar refractivity (Wildman–Crippen MR) is 144 cm³/mol. The fraction of sp³-hybridized carbons (Fsp3) is 0.393. The summed E-state index contributed by atoms with van der Waals surface area (Å²) in [7, 11) is 1.61. The summed E-state index contributed by atoms with van der Waals surface area (Å²) in [6, 6.07) is 16.5. The molecule has 7 nitrogen and oxygen atoms in total. The molecule has 0 aliphatic carbocycles. The van der Waals surface area contributed by atoms with Crippen LogP contribution in [0.2, 0.25) is 5.02 Å². The first kappa shape index (κ1) is 27.3. The molecule has 0 radical (unpaired) electrons. The van der Waals surface area contributed by atoms with Crippen LogP contribution in [0.1, 0.15) is 51.8 Å². The van der Waals surface area contributed by atoms with Crippen LogP contribution < -0.4 is 10.1 Å². The molecule has 2 aromatic carbocycles. The quantitative estimate of drug-likeness (QED) is 0.383. The fourth-order valence-corrected chi connectivity index (χ4v) is 3.77.